The molecule has 5 nitrogen and oxygen atoms in total. The van der Waals surface area contributed by atoms with Gasteiger partial charge in [0.15, 0.2) is 5.79 Å². The predicted molar refractivity (Wildman–Crippen MR) is 87.5 cm³/mol. The number of rotatable bonds is 5. The summed E-state index contributed by atoms with van der Waals surface area (Å²) in [6.45, 7) is 5.60. The molecule has 1 heterocycles. The van der Waals surface area contributed by atoms with Gasteiger partial charge in [-0.2, -0.15) is 0 Å². The topological polar surface area (TPSA) is 61.8 Å². The van der Waals surface area contributed by atoms with Gasteiger partial charge in [-0.1, -0.05) is 17.7 Å². The molecule has 0 radical (unpaired) electrons. The second-order valence-corrected chi connectivity index (χ2v) is 7.72. The van der Waals surface area contributed by atoms with Crippen LogP contribution in [0.15, 0.2) is 29.2 Å². The molecule has 0 spiro atoms. The van der Waals surface area contributed by atoms with Gasteiger partial charge in [0, 0.05) is 11.3 Å². The number of esters is 1. The Morgan fingerprint density at radius 2 is 1.87 bits per heavy atom. The smallest absolute Gasteiger partial charge is 0.308 e. The fourth-order valence-electron chi connectivity index (χ4n) is 2.67. The Morgan fingerprint density at radius 1 is 1.26 bits per heavy atom. The van der Waals surface area contributed by atoms with Crippen LogP contribution in [0.5, 0.6) is 0 Å². The zero-order valence-electron chi connectivity index (χ0n) is 14.0. The zero-order chi connectivity index (χ0) is 17.0. The van der Waals surface area contributed by atoms with Gasteiger partial charge in [0.2, 0.25) is 0 Å². The molecule has 0 aliphatic carbocycles. The highest BCUT2D eigenvalue weighted by molar-refractivity contribution is 7.85. The molecule has 1 aromatic carbocycles. The van der Waals surface area contributed by atoms with E-state index in [1.165, 1.54) is 7.11 Å². The van der Waals surface area contributed by atoms with Gasteiger partial charge in [0.05, 0.1) is 42.3 Å². The number of benzene rings is 1. The maximum absolute atomic E-state index is 12.5. The standard InChI is InChI=1S/C17H24O5S/c1-12-5-7-15(8-6-12)23(19)11-14-9-13(10-16(18)20-4)21-17(2,3)22-14/h5-8,13-14H,9-11H2,1-4H3/t13-,14-,23+/m1/s1. The van der Waals surface area contributed by atoms with Crippen molar-refractivity contribution in [1.82, 2.24) is 0 Å². The lowest BCUT2D eigenvalue weighted by Gasteiger charge is -2.40. The summed E-state index contributed by atoms with van der Waals surface area (Å²) in [5.74, 6) is -0.738. The molecule has 1 aromatic rings. The summed E-state index contributed by atoms with van der Waals surface area (Å²) in [6.07, 6.45) is 0.189. The van der Waals surface area contributed by atoms with Crippen LogP contribution in [0, 0.1) is 6.92 Å². The second-order valence-electron chi connectivity index (χ2n) is 6.22. The van der Waals surface area contributed by atoms with E-state index in [1.54, 1.807) is 13.8 Å². The van der Waals surface area contributed by atoms with E-state index in [-0.39, 0.29) is 24.6 Å². The van der Waals surface area contributed by atoms with E-state index in [2.05, 4.69) is 0 Å². The SMILES string of the molecule is COC(=O)C[C@H]1C[C@H](C[S@](=O)c2ccc(C)cc2)OC(C)(C)O1. The van der Waals surface area contributed by atoms with Crippen molar-refractivity contribution in [2.45, 2.75) is 56.5 Å². The Labute approximate surface area is 139 Å². The Bertz CT molecular complexity index is 567. The van der Waals surface area contributed by atoms with Crippen LogP contribution in [0.1, 0.15) is 32.3 Å². The zero-order valence-corrected chi connectivity index (χ0v) is 14.9. The van der Waals surface area contributed by atoms with Gasteiger partial charge in [0.1, 0.15) is 0 Å². The summed E-state index contributed by atoms with van der Waals surface area (Å²) in [5, 5.41) is 0. The first-order valence-electron chi connectivity index (χ1n) is 7.66. The summed E-state index contributed by atoms with van der Waals surface area (Å²) in [5.41, 5.74) is 1.13. The van der Waals surface area contributed by atoms with Crippen molar-refractivity contribution in [3.05, 3.63) is 29.8 Å². The molecule has 0 bridgehead atoms. The van der Waals surface area contributed by atoms with Gasteiger partial charge < -0.3 is 14.2 Å². The lowest BCUT2D eigenvalue weighted by Crippen LogP contribution is -2.47. The highest BCUT2D eigenvalue weighted by atomic mass is 32.2. The molecule has 1 aliphatic rings. The van der Waals surface area contributed by atoms with E-state index in [9.17, 15) is 9.00 Å². The minimum atomic E-state index is -1.15. The van der Waals surface area contributed by atoms with Crippen LogP contribution in [-0.4, -0.2) is 41.0 Å². The Hall–Kier alpha value is -1.24. The minimum Gasteiger partial charge on any atom is -0.469 e. The molecule has 3 atom stereocenters. The van der Waals surface area contributed by atoms with Crippen molar-refractivity contribution in [1.29, 1.82) is 0 Å². The molecular formula is C17H24O5S. The van der Waals surface area contributed by atoms with E-state index in [4.69, 9.17) is 14.2 Å². The summed E-state index contributed by atoms with van der Waals surface area (Å²) >= 11 is 0. The fourth-order valence-corrected chi connectivity index (χ4v) is 3.85. The van der Waals surface area contributed by atoms with Crippen LogP contribution in [-0.2, 0) is 29.8 Å². The highest BCUT2D eigenvalue weighted by Crippen LogP contribution is 2.29. The van der Waals surface area contributed by atoms with E-state index in [0.717, 1.165) is 10.5 Å². The lowest BCUT2D eigenvalue weighted by atomic mass is 10.1. The van der Waals surface area contributed by atoms with Crippen molar-refractivity contribution in [3.63, 3.8) is 0 Å². The number of ether oxygens (including phenoxy) is 3. The van der Waals surface area contributed by atoms with Crippen LogP contribution in [0.2, 0.25) is 0 Å². The van der Waals surface area contributed by atoms with Crippen LogP contribution < -0.4 is 0 Å². The van der Waals surface area contributed by atoms with Crippen molar-refractivity contribution >= 4 is 16.8 Å². The van der Waals surface area contributed by atoms with Crippen LogP contribution in [0.25, 0.3) is 0 Å². The number of aryl methyl sites for hydroxylation is 1. The van der Waals surface area contributed by atoms with Gasteiger partial charge in [-0.25, -0.2) is 0 Å². The van der Waals surface area contributed by atoms with Crippen LogP contribution in [0.3, 0.4) is 0 Å². The quantitative estimate of drug-likeness (QED) is 0.771. The largest absolute Gasteiger partial charge is 0.469 e. The van der Waals surface area contributed by atoms with Crippen LogP contribution in [0.4, 0.5) is 0 Å². The molecule has 0 unspecified atom stereocenters. The summed E-state index contributed by atoms with van der Waals surface area (Å²) in [4.78, 5) is 12.3. The Morgan fingerprint density at radius 3 is 2.48 bits per heavy atom. The van der Waals surface area contributed by atoms with Gasteiger partial charge in [-0.3, -0.25) is 9.00 Å². The summed E-state index contributed by atoms with van der Waals surface area (Å²) in [7, 11) is 0.209. The minimum absolute atomic E-state index is 0.178. The van der Waals surface area contributed by atoms with Gasteiger partial charge >= 0.3 is 5.97 Å². The Kier molecular flexibility index (Phi) is 5.95. The van der Waals surface area contributed by atoms with Gasteiger partial charge in [-0.05, 0) is 32.9 Å². The predicted octanol–water partition coefficient (Wildman–Crippen LogP) is 2.58. The Balaban J connectivity index is 2.01. The summed E-state index contributed by atoms with van der Waals surface area (Å²) in [6, 6.07) is 7.65. The van der Waals surface area contributed by atoms with Gasteiger partial charge in [0.25, 0.3) is 0 Å². The fraction of sp³-hybridized carbons (Fsp3) is 0.588. The van der Waals surface area contributed by atoms with Crippen molar-refractivity contribution in [2.24, 2.45) is 0 Å². The first-order chi connectivity index (χ1) is 10.8. The lowest BCUT2D eigenvalue weighted by molar-refractivity contribution is -0.295. The number of hydrogen-bond acceptors (Lipinski definition) is 5. The molecule has 128 valence electrons. The molecule has 1 aliphatic heterocycles. The average Bonchev–Trinajstić information content (AvgIpc) is 2.45. The third-order valence-electron chi connectivity index (χ3n) is 3.67. The second kappa shape index (κ2) is 7.55. The molecule has 1 fully saturated rings. The first kappa shape index (κ1) is 18.1. The number of carbonyl (C=O) groups is 1. The molecule has 0 saturated carbocycles. The number of carbonyl (C=O) groups excluding carboxylic acids is 1. The average molecular weight is 340 g/mol. The molecule has 23 heavy (non-hydrogen) atoms. The molecule has 1 saturated heterocycles. The normalized spacial score (nSPS) is 24.9. The maximum atomic E-state index is 12.5. The third-order valence-corrected chi connectivity index (χ3v) is 5.14. The highest BCUT2D eigenvalue weighted by Gasteiger charge is 2.37. The molecular weight excluding hydrogens is 316 g/mol. The molecule has 2 rings (SSSR count). The monoisotopic (exact) mass is 340 g/mol. The van der Waals surface area contributed by atoms with E-state index in [0.29, 0.717) is 12.2 Å². The summed E-state index contributed by atoms with van der Waals surface area (Å²) < 4.78 is 28.8. The molecule has 0 amide bonds. The van der Waals surface area contributed by atoms with E-state index < -0.39 is 16.6 Å². The molecule has 0 aromatic heterocycles. The number of methoxy groups -OCH3 is 1. The van der Waals surface area contributed by atoms with E-state index in [1.807, 2.05) is 31.2 Å². The van der Waals surface area contributed by atoms with Crippen molar-refractivity contribution in [2.75, 3.05) is 12.9 Å². The molecule has 6 heteroatoms. The van der Waals surface area contributed by atoms with Gasteiger partial charge in [-0.15, -0.1) is 0 Å². The van der Waals surface area contributed by atoms with E-state index >= 15 is 0 Å². The van der Waals surface area contributed by atoms with Crippen molar-refractivity contribution in [3.8, 4) is 0 Å². The number of hydrogen-bond donors (Lipinski definition) is 0. The maximum Gasteiger partial charge on any atom is 0.308 e. The third kappa shape index (κ3) is 5.41. The first-order valence-corrected chi connectivity index (χ1v) is 8.98. The van der Waals surface area contributed by atoms with Crippen molar-refractivity contribution < 1.29 is 23.2 Å². The van der Waals surface area contributed by atoms with Crippen LogP contribution >= 0.6 is 0 Å². The molecule has 0 N–H and O–H groups in total.